The van der Waals surface area contributed by atoms with E-state index in [1.807, 2.05) is 11.0 Å². The molecule has 3 heterocycles. The number of hydrogen-bond acceptors (Lipinski definition) is 4. The van der Waals surface area contributed by atoms with Gasteiger partial charge in [0.25, 0.3) is 0 Å². The normalized spacial score (nSPS) is 23.1. The van der Waals surface area contributed by atoms with Crippen LogP contribution in [-0.4, -0.2) is 36.6 Å². The Morgan fingerprint density at radius 1 is 1.07 bits per heavy atom. The molecule has 0 aliphatic carbocycles. The lowest BCUT2D eigenvalue weighted by molar-refractivity contribution is -0.136. The molecule has 2 atom stereocenters. The van der Waals surface area contributed by atoms with Crippen molar-refractivity contribution in [2.45, 2.75) is 25.3 Å². The minimum Gasteiger partial charge on any atom is -0.454 e. The van der Waals surface area contributed by atoms with Crippen LogP contribution in [0.15, 0.2) is 42.5 Å². The number of hydrogen-bond donors (Lipinski definition) is 0. The second-order valence-corrected chi connectivity index (χ2v) is 7.68. The van der Waals surface area contributed by atoms with Gasteiger partial charge in [-0.2, -0.15) is 0 Å². The highest BCUT2D eigenvalue weighted by molar-refractivity contribution is 6.00. The Morgan fingerprint density at radius 2 is 1.86 bits per heavy atom. The maximum absolute atomic E-state index is 13.3. The monoisotopic (exact) mass is 396 g/mol. The number of amides is 2. The Kier molecular flexibility index (Phi) is 4.38. The predicted octanol–water partition coefficient (Wildman–Crippen LogP) is 3.27. The van der Waals surface area contributed by atoms with E-state index < -0.39 is 0 Å². The zero-order chi connectivity index (χ0) is 20.0. The van der Waals surface area contributed by atoms with Crippen LogP contribution in [0, 0.1) is 11.7 Å². The molecule has 6 nitrogen and oxygen atoms in total. The Balaban J connectivity index is 1.33. The molecule has 2 aromatic rings. The van der Waals surface area contributed by atoms with E-state index in [2.05, 4.69) is 0 Å². The quantitative estimate of drug-likeness (QED) is 0.799. The average molecular weight is 396 g/mol. The first-order valence-corrected chi connectivity index (χ1v) is 9.86. The molecule has 29 heavy (non-hydrogen) atoms. The molecule has 7 heteroatoms. The van der Waals surface area contributed by atoms with Crippen LogP contribution in [0.3, 0.4) is 0 Å². The van der Waals surface area contributed by atoms with Crippen molar-refractivity contribution < 1.29 is 23.5 Å². The van der Waals surface area contributed by atoms with Gasteiger partial charge >= 0.3 is 0 Å². The summed E-state index contributed by atoms with van der Waals surface area (Å²) in [6.07, 6.45) is 1.95. The van der Waals surface area contributed by atoms with Crippen molar-refractivity contribution >= 4 is 17.5 Å². The second kappa shape index (κ2) is 7.06. The number of ether oxygens (including phenoxy) is 2. The summed E-state index contributed by atoms with van der Waals surface area (Å²) < 4.78 is 24.0. The van der Waals surface area contributed by atoms with Crippen molar-refractivity contribution in [2.24, 2.45) is 5.92 Å². The van der Waals surface area contributed by atoms with E-state index in [-0.39, 0.29) is 42.8 Å². The van der Waals surface area contributed by atoms with E-state index in [1.54, 1.807) is 29.2 Å². The molecule has 2 amide bonds. The summed E-state index contributed by atoms with van der Waals surface area (Å²) in [5.74, 6) is 0.528. The van der Waals surface area contributed by atoms with Crippen molar-refractivity contribution in [2.75, 3.05) is 24.8 Å². The summed E-state index contributed by atoms with van der Waals surface area (Å²) in [4.78, 5) is 29.4. The zero-order valence-electron chi connectivity index (χ0n) is 15.8. The highest BCUT2D eigenvalue weighted by atomic mass is 19.1. The maximum atomic E-state index is 13.3. The molecule has 0 bridgehead atoms. The maximum Gasteiger partial charge on any atom is 0.231 e. The van der Waals surface area contributed by atoms with Gasteiger partial charge in [-0.25, -0.2) is 4.39 Å². The minimum atomic E-state index is -0.381. The van der Waals surface area contributed by atoms with Crippen molar-refractivity contribution in [1.82, 2.24) is 4.90 Å². The molecule has 3 aliphatic heterocycles. The lowest BCUT2D eigenvalue weighted by Crippen LogP contribution is -2.37. The van der Waals surface area contributed by atoms with Crippen LogP contribution in [0.25, 0.3) is 0 Å². The standard InChI is InChI=1S/C22H21FN2O4/c23-16-5-3-14(4-6-16)18-2-1-9-24(18)22(27)15-10-21(26)25(12-15)17-7-8-19-20(11-17)29-13-28-19/h3-8,11,15,18H,1-2,9-10,12-13H2. The van der Waals surface area contributed by atoms with Crippen molar-refractivity contribution in [3.05, 3.63) is 53.8 Å². The van der Waals surface area contributed by atoms with Crippen LogP contribution in [-0.2, 0) is 9.59 Å². The van der Waals surface area contributed by atoms with Gasteiger partial charge in [-0.1, -0.05) is 12.1 Å². The van der Waals surface area contributed by atoms with Gasteiger partial charge in [0, 0.05) is 31.3 Å². The van der Waals surface area contributed by atoms with E-state index in [0.717, 1.165) is 18.4 Å². The third kappa shape index (κ3) is 3.20. The number of fused-ring (bicyclic) bond motifs is 1. The van der Waals surface area contributed by atoms with Crippen molar-refractivity contribution in [3.8, 4) is 11.5 Å². The smallest absolute Gasteiger partial charge is 0.231 e. The second-order valence-electron chi connectivity index (χ2n) is 7.68. The van der Waals surface area contributed by atoms with Crippen LogP contribution >= 0.6 is 0 Å². The molecule has 150 valence electrons. The molecular weight excluding hydrogens is 375 g/mol. The highest BCUT2D eigenvalue weighted by Gasteiger charge is 2.40. The van der Waals surface area contributed by atoms with Crippen molar-refractivity contribution in [3.63, 3.8) is 0 Å². The van der Waals surface area contributed by atoms with E-state index in [9.17, 15) is 14.0 Å². The fraction of sp³-hybridized carbons (Fsp3) is 0.364. The summed E-state index contributed by atoms with van der Waals surface area (Å²) in [6.45, 7) is 1.19. The highest BCUT2D eigenvalue weighted by Crippen LogP contribution is 2.39. The van der Waals surface area contributed by atoms with E-state index >= 15 is 0 Å². The average Bonchev–Trinajstić information content (AvgIpc) is 3.46. The van der Waals surface area contributed by atoms with Gasteiger partial charge in [0.05, 0.1) is 12.0 Å². The summed E-state index contributed by atoms with van der Waals surface area (Å²) in [5.41, 5.74) is 1.65. The first-order chi connectivity index (χ1) is 14.1. The first-order valence-electron chi connectivity index (χ1n) is 9.86. The van der Waals surface area contributed by atoms with Crippen molar-refractivity contribution in [1.29, 1.82) is 0 Å². The lowest BCUT2D eigenvalue weighted by atomic mass is 10.0. The third-order valence-electron chi connectivity index (χ3n) is 5.93. The molecule has 2 aromatic carbocycles. The number of nitrogens with zero attached hydrogens (tertiary/aromatic N) is 2. The van der Waals surface area contributed by atoms with Crippen LogP contribution in [0.4, 0.5) is 10.1 Å². The zero-order valence-corrected chi connectivity index (χ0v) is 15.8. The fourth-order valence-electron chi connectivity index (χ4n) is 4.47. The van der Waals surface area contributed by atoms with Gasteiger partial charge in [-0.05, 0) is 42.7 Å². The number of benzene rings is 2. The molecule has 2 unspecified atom stereocenters. The number of halogens is 1. The number of likely N-dealkylation sites (tertiary alicyclic amines) is 1. The van der Waals surface area contributed by atoms with Gasteiger partial charge in [0.2, 0.25) is 18.6 Å². The minimum absolute atomic E-state index is 0.00609. The summed E-state index contributed by atoms with van der Waals surface area (Å²) in [7, 11) is 0. The number of rotatable bonds is 3. The first kappa shape index (κ1) is 18.0. The van der Waals surface area contributed by atoms with Gasteiger partial charge in [0.15, 0.2) is 11.5 Å². The lowest BCUT2D eigenvalue weighted by Gasteiger charge is -2.27. The Hall–Kier alpha value is -3.09. The molecule has 0 saturated carbocycles. The van der Waals surface area contributed by atoms with E-state index in [1.165, 1.54) is 12.1 Å². The van der Waals surface area contributed by atoms with Crippen LogP contribution < -0.4 is 14.4 Å². The number of anilines is 1. The summed E-state index contributed by atoms with van der Waals surface area (Å²) in [6, 6.07) is 11.7. The summed E-state index contributed by atoms with van der Waals surface area (Å²) >= 11 is 0. The predicted molar refractivity (Wildman–Crippen MR) is 103 cm³/mol. The molecule has 5 rings (SSSR count). The molecule has 2 fully saturated rings. The molecular formula is C22H21FN2O4. The van der Waals surface area contributed by atoms with Gasteiger partial charge < -0.3 is 19.3 Å². The Labute approximate surface area is 167 Å². The third-order valence-corrected chi connectivity index (χ3v) is 5.93. The molecule has 0 N–H and O–H groups in total. The summed E-state index contributed by atoms with van der Waals surface area (Å²) in [5, 5.41) is 0. The molecule has 0 radical (unpaired) electrons. The van der Waals surface area contributed by atoms with Crippen LogP contribution in [0.1, 0.15) is 30.9 Å². The van der Waals surface area contributed by atoms with Gasteiger partial charge in [0.1, 0.15) is 5.82 Å². The van der Waals surface area contributed by atoms with Gasteiger partial charge in [-0.15, -0.1) is 0 Å². The van der Waals surface area contributed by atoms with E-state index in [4.69, 9.17) is 9.47 Å². The number of carbonyl (C=O) groups is 2. The largest absolute Gasteiger partial charge is 0.454 e. The topological polar surface area (TPSA) is 59.1 Å². The molecule has 0 aromatic heterocycles. The Morgan fingerprint density at radius 3 is 2.69 bits per heavy atom. The number of carbonyl (C=O) groups excluding carboxylic acids is 2. The molecule has 3 aliphatic rings. The van der Waals surface area contributed by atoms with Crippen LogP contribution in [0.2, 0.25) is 0 Å². The van der Waals surface area contributed by atoms with Crippen LogP contribution in [0.5, 0.6) is 11.5 Å². The molecule has 2 saturated heterocycles. The van der Waals surface area contributed by atoms with E-state index in [0.29, 0.717) is 30.3 Å². The molecule has 0 spiro atoms. The van der Waals surface area contributed by atoms with Gasteiger partial charge in [-0.3, -0.25) is 9.59 Å². The Bertz CT molecular complexity index is 962. The SMILES string of the molecule is O=C1CC(C(=O)N2CCCC2c2ccc(F)cc2)CN1c1ccc2c(c1)OCO2. The fourth-order valence-corrected chi connectivity index (χ4v) is 4.47.